The molecule has 2 rings (SSSR count). The fraction of sp³-hybridized carbons (Fsp3) is 0.333. The van der Waals surface area contributed by atoms with Crippen molar-refractivity contribution < 1.29 is 23.4 Å². The molecule has 118 valence electrons. The van der Waals surface area contributed by atoms with E-state index in [0.717, 1.165) is 0 Å². The molecule has 0 unspecified atom stereocenters. The van der Waals surface area contributed by atoms with Gasteiger partial charge in [-0.1, -0.05) is 6.07 Å². The van der Waals surface area contributed by atoms with Crippen LogP contribution in [0.25, 0.3) is 0 Å². The predicted molar refractivity (Wildman–Crippen MR) is 75.9 cm³/mol. The number of carbonyl (C=O) groups excluding carboxylic acids is 1. The lowest BCUT2D eigenvalue weighted by Crippen LogP contribution is -2.33. The van der Waals surface area contributed by atoms with Crippen molar-refractivity contribution in [3.63, 3.8) is 0 Å². The highest BCUT2D eigenvalue weighted by atomic mass is 19.1. The summed E-state index contributed by atoms with van der Waals surface area (Å²) in [5, 5.41) is 9.27. The molecule has 1 aromatic carbocycles. The molecule has 0 saturated carbocycles. The number of benzene rings is 1. The van der Waals surface area contributed by atoms with Crippen molar-refractivity contribution in [2.75, 3.05) is 13.6 Å². The molecule has 0 aliphatic heterocycles. The Kier molecular flexibility index (Phi) is 5.11. The number of halogens is 1. The molecule has 22 heavy (non-hydrogen) atoms. The fourth-order valence-electron chi connectivity index (χ4n) is 1.85. The average Bonchev–Trinajstić information content (AvgIpc) is 2.92. The number of ether oxygens (including phenoxy) is 1. The van der Waals surface area contributed by atoms with E-state index in [1.807, 2.05) is 0 Å². The van der Waals surface area contributed by atoms with Crippen molar-refractivity contribution in [1.82, 2.24) is 9.88 Å². The number of aliphatic hydroxyl groups is 1. The minimum absolute atomic E-state index is 0.0170. The number of nitrogens with zero attached hydrogens (tertiary/aromatic N) is 2. The lowest BCUT2D eigenvalue weighted by Gasteiger charge is -2.16. The molecule has 6 nitrogen and oxygen atoms in total. The lowest BCUT2D eigenvalue weighted by atomic mass is 10.3. The van der Waals surface area contributed by atoms with E-state index >= 15 is 0 Å². The number of aliphatic hydroxyl groups excluding tert-OH is 1. The van der Waals surface area contributed by atoms with Gasteiger partial charge in [0.15, 0.2) is 12.3 Å². The first-order chi connectivity index (χ1) is 10.5. The first-order valence-corrected chi connectivity index (χ1v) is 6.72. The minimum atomic E-state index is -0.628. The molecule has 0 aliphatic rings. The van der Waals surface area contributed by atoms with Gasteiger partial charge in [-0.05, 0) is 19.1 Å². The number of rotatable bonds is 6. The Bertz CT molecular complexity index is 642. The summed E-state index contributed by atoms with van der Waals surface area (Å²) in [4.78, 5) is 17.4. The van der Waals surface area contributed by atoms with Crippen LogP contribution in [0.4, 0.5) is 4.39 Å². The third-order valence-electron chi connectivity index (χ3n) is 2.81. The topological polar surface area (TPSA) is 75.8 Å². The molecule has 1 aromatic heterocycles. The first kappa shape index (κ1) is 16.0. The fourth-order valence-corrected chi connectivity index (χ4v) is 1.85. The molecule has 0 aliphatic carbocycles. The van der Waals surface area contributed by atoms with Gasteiger partial charge in [0, 0.05) is 19.7 Å². The maximum Gasteiger partial charge on any atom is 0.275 e. The van der Waals surface area contributed by atoms with Crippen LogP contribution in [0, 0.1) is 5.82 Å². The van der Waals surface area contributed by atoms with E-state index in [0.29, 0.717) is 5.75 Å². The quantitative estimate of drug-likeness (QED) is 0.881. The summed E-state index contributed by atoms with van der Waals surface area (Å²) < 4.78 is 23.5. The highest BCUT2D eigenvalue weighted by Gasteiger charge is 2.18. The van der Waals surface area contributed by atoms with Gasteiger partial charge >= 0.3 is 0 Å². The van der Waals surface area contributed by atoms with Crippen LogP contribution in [0.3, 0.4) is 0 Å². The standard InChI is InChI=1S/C15H17FN2O4/c1-10(19)7-18(2)15(20)13-8-22-14(17-13)9-21-12-5-3-4-11(16)6-12/h3-6,8,10,19H,7,9H2,1-2H3/t10-/m1/s1. The summed E-state index contributed by atoms with van der Waals surface area (Å²) in [5.74, 6) is -0.211. The van der Waals surface area contributed by atoms with Crippen molar-refractivity contribution in [3.8, 4) is 5.75 Å². The third kappa shape index (κ3) is 4.29. The van der Waals surface area contributed by atoms with Crippen molar-refractivity contribution >= 4 is 5.91 Å². The van der Waals surface area contributed by atoms with Crippen LogP contribution in [0.1, 0.15) is 23.3 Å². The minimum Gasteiger partial charge on any atom is -0.484 e. The van der Waals surface area contributed by atoms with Gasteiger partial charge in [-0.25, -0.2) is 9.37 Å². The lowest BCUT2D eigenvalue weighted by molar-refractivity contribution is 0.0698. The average molecular weight is 308 g/mol. The van der Waals surface area contributed by atoms with E-state index in [4.69, 9.17) is 9.15 Å². The monoisotopic (exact) mass is 308 g/mol. The molecule has 0 radical (unpaired) electrons. The maximum absolute atomic E-state index is 13.0. The number of aromatic nitrogens is 1. The van der Waals surface area contributed by atoms with E-state index in [1.54, 1.807) is 20.0 Å². The zero-order valence-corrected chi connectivity index (χ0v) is 12.3. The van der Waals surface area contributed by atoms with E-state index in [9.17, 15) is 14.3 Å². The van der Waals surface area contributed by atoms with Gasteiger partial charge in [0.25, 0.3) is 5.91 Å². The number of hydrogen-bond donors (Lipinski definition) is 1. The van der Waals surface area contributed by atoms with Gasteiger partial charge in [0.1, 0.15) is 17.8 Å². The zero-order chi connectivity index (χ0) is 16.1. The number of hydrogen-bond acceptors (Lipinski definition) is 5. The second kappa shape index (κ2) is 7.04. The number of amides is 1. The first-order valence-electron chi connectivity index (χ1n) is 6.72. The Hall–Kier alpha value is -2.41. The summed E-state index contributed by atoms with van der Waals surface area (Å²) >= 11 is 0. The van der Waals surface area contributed by atoms with Gasteiger partial charge in [-0.15, -0.1) is 0 Å². The summed E-state index contributed by atoms with van der Waals surface area (Å²) in [6.07, 6.45) is 0.599. The van der Waals surface area contributed by atoms with Crippen molar-refractivity contribution in [3.05, 3.63) is 47.9 Å². The summed E-state index contributed by atoms with van der Waals surface area (Å²) in [6.45, 7) is 1.77. The van der Waals surface area contributed by atoms with Crippen molar-refractivity contribution in [2.24, 2.45) is 0 Å². The normalized spacial score (nSPS) is 12.0. The molecule has 1 atom stereocenters. The Morgan fingerprint density at radius 2 is 2.32 bits per heavy atom. The third-order valence-corrected chi connectivity index (χ3v) is 2.81. The van der Waals surface area contributed by atoms with Crippen LogP contribution in [0.5, 0.6) is 5.75 Å². The number of likely N-dealkylation sites (N-methyl/N-ethyl adjacent to an activating group) is 1. The highest BCUT2D eigenvalue weighted by molar-refractivity contribution is 5.91. The summed E-state index contributed by atoms with van der Waals surface area (Å²) in [7, 11) is 1.56. The SMILES string of the molecule is C[C@@H](O)CN(C)C(=O)c1coc(COc2cccc(F)c2)n1. The molecule has 1 heterocycles. The van der Waals surface area contributed by atoms with E-state index in [1.165, 1.54) is 29.4 Å². The van der Waals surface area contributed by atoms with E-state index in [-0.39, 0.29) is 30.6 Å². The molecule has 7 heteroatoms. The van der Waals surface area contributed by atoms with Gasteiger partial charge in [-0.3, -0.25) is 4.79 Å². The summed E-state index contributed by atoms with van der Waals surface area (Å²) in [6, 6.07) is 5.69. The summed E-state index contributed by atoms with van der Waals surface area (Å²) in [5.41, 5.74) is 0.126. The largest absolute Gasteiger partial charge is 0.484 e. The van der Waals surface area contributed by atoms with Gasteiger partial charge < -0.3 is 19.2 Å². The Balaban J connectivity index is 1.95. The predicted octanol–water partition coefficient (Wildman–Crippen LogP) is 1.85. The van der Waals surface area contributed by atoms with Crippen LogP contribution in [-0.2, 0) is 6.61 Å². The van der Waals surface area contributed by atoms with Crippen LogP contribution in [0.2, 0.25) is 0 Å². The molecule has 0 fully saturated rings. The van der Waals surface area contributed by atoms with Crippen LogP contribution >= 0.6 is 0 Å². The zero-order valence-electron chi connectivity index (χ0n) is 12.3. The van der Waals surface area contributed by atoms with Gasteiger partial charge in [0.2, 0.25) is 5.89 Å². The number of oxazole rings is 1. The van der Waals surface area contributed by atoms with Crippen molar-refractivity contribution in [1.29, 1.82) is 0 Å². The molecule has 0 saturated heterocycles. The molecular weight excluding hydrogens is 291 g/mol. The second-order valence-corrected chi connectivity index (χ2v) is 4.91. The van der Waals surface area contributed by atoms with E-state index < -0.39 is 11.9 Å². The second-order valence-electron chi connectivity index (χ2n) is 4.91. The van der Waals surface area contributed by atoms with Crippen LogP contribution in [0.15, 0.2) is 34.9 Å². The van der Waals surface area contributed by atoms with Gasteiger partial charge in [0.05, 0.1) is 6.10 Å². The Labute approximate surface area is 127 Å². The highest BCUT2D eigenvalue weighted by Crippen LogP contribution is 2.14. The maximum atomic E-state index is 13.0. The van der Waals surface area contributed by atoms with Crippen LogP contribution in [-0.4, -0.2) is 40.6 Å². The smallest absolute Gasteiger partial charge is 0.275 e. The van der Waals surface area contributed by atoms with Crippen molar-refractivity contribution in [2.45, 2.75) is 19.6 Å². The molecule has 2 aromatic rings. The van der Waals surface area contributed by atoms with Gasteiger partial charge in [-0.2, -0.15) is 0 Å². The molecular formula is C15H17FN2O4. The molecule has 1 N–H and O–H groups in total. The van der Waals surface area contributed by atoms with E-state index in [2.05, 4.69) is 4.98 Å². The Morgan fingerprint density at radius 1 is 1.55 bits per heavy atom. The molecule has 0 spiro atoms. The molecule has 0 bridgehead atoms. The Morgan fingerprint density at radius 3 is 3.00 bits per heavy atom. The van der Waals surface area contributed by atoms with Crippen LogP contribution < -0.4 is 4.74 Å². The number of carbonyl (C=O) groups is 1. The molecule has 1 amide bonds.